The average molecular weight is 157 g/mol. The molecule has 2 unspecified atom stereocenters. The van der Waals surface area contributed by atoms with E-state index in [1.807, 2.05) is 14.0 Å². The molecule has 2 heteroatoms. The van der Waals surface area contributed by atoms with E-state index in [0.717, 1.165) is 12.0 Å². The minimum atomic E-state index is 0.296. The topological polar surface area (TPSA) is 21.3 Å². The number of rotatable bonds is 5. The van der Waals surface area contributed by atoms with Crippen molar-refractivity contribution in [3.05, 3.63) is 12.2 Å². The lowest BCUT2D eigenvalue weighted by atomic mass is 10.0. The lowest BCUT2D eigenvalue weighted by Crippen LogP contribution is -2.30. The second kappa shape index (κ2) is 5.33. The van der Waals surface area contributed by atoms with Crippen LogP contribution in [-0.2, 0) is 4.74 Å². The highest BCUT2D eigenvalue weighted by Gasteiger charge is 2.10. The predicted molar refractivity (Wildman–Crippen MR) is 48.7 cm³/mol. The summed E-state index contributed by atoms with van der Waals surface area (Å²) in [5.74, 6) is 0. The Morgan fingerprint density at radius 2 is 2.18 bits per heavy atom. The van der Waals surface area contributed by atoms with E-state index >= 15 is 0 Å². The first kappa shape index (κ1) is 10.7. The van der Waals surface area contributed by atoms with Gasteiger partial charge in [0.1, 0.15) is 0 Å². The van der Waals surface area contributed by atoms with Crippen LogP contribution < -0.4 is 5.32 Å². The van der Waals surface area contributed by atoms with Gasteiger partial charge < -0.3 is 10.1 Å². The highest BCUT2D eigenvalue weighted by atomic mass is 16.5. The van der Waals surface area contributed by atoms with Crippen molar-refractivity contribution < 1.29 is 4.74 Å². The molecule has 0 amide bonds. The molecule has 0 aromatic rings. The van der Waals surface area contributed by atoms with E-state index in [4.69, 9.17) is 4.74 Å². The van der Waals surface area contributed by atoms with Crippen LogP contribution in [0, 0.1) is 0 Å². The summed E-state index contributed by atoms with van der Waals surface area (Å²) < 4.78 is 5.15. The van der Waals surface area contributed by atoms with Gasteiger partial charge in [-0.1, -0.05) is 12.2 Å². The lowest BCUT2D eigenvalue weighted by molar-refractivity contribution is 0.105. The zero-order valence-electron chi connectivity index (χ0n) is 7.98. The van der Waals surface area contributed by atoms with E-state index in [9.17, 15) is 0 Å². The van der Waals surface area contributed by atoms with Crippen molar-refractivity contribution in [3.8, 4) is 0 Å². The molecule has 0 spiro atoms. The van der Waals surface area contributed by atoms with Gasteiger partial charge >= 0.3 is 0 Å². The third-order valence-corrected chi connectivity index (χ3v) is 1.91. The second-order valence-corrected chi connectivity index (χ2v) is 2.97. The zero-order chi connectivity index (χ0) is 8.85. The molecule has 2 nitrogen and oxygen atoms in total. The minimum Gasteiger partial charge on any atom is -0.382 e. The van der Waals surface area contributed by atoms with Crippen LogP contribution >= 0.6 is 0 Å². The Balaban J connectivity index is 3.77. The van der Waals surface area contributed by atoms with E-state index in [1.165, 1.54) is 0 Å². The van der Waals surface area contributed by atoms with Gasteiger partial charge in [-0.15, -0.1) is 0 Å². The maximum Gasteiger partial charge on any atom is 0.0561 e. The van der Waals surface area contributed by atoms with E-state index in [-0.39, 0.29) is 0 Å². The van der Waals surface area contributed by atoms with Gasteiger partial charge in [-0.3, -0.25) is 0 Å². The molecule has 0 saturated heterocycles. The molecule has 2 atom stereocenters. The van der Waals surface area contributed by atoms with Crippen molar-refractivity contribution in [2.45, 2.75) is 32.4 Å². The smallest absolute Gasteiger partial charge is 0.0561 e. The molecule has 0 aromatic carbocycles. The van der Waals surface area contributed by atoms with Crippen molar-refractivity contribution in [3.63, 3.8) is 0 Å². The van der Waals surface area contributed by atoms with Gasteiger partial charge in [0.2, 0.25) is 0 Å². The van der Waals surface area contributed by atoms with Gasteiger partial charge in [-0.2, -0.15) is 0 Å². The molecule has 11 heavy (non-hydrogen) atoms. The molecule has 66 valence electrons. The van der Waals surface area contributed by atoms with Crippen LogP contribution in [0.1, 0.15) is 20.3 Å². The molecule has 0 fully saturated rings. The van der Waals surface area contributed by atoms with Gasteiger partial charge in [0, 0.05) is 13.2 Å². The molecule has 0 radical (unpaired) electrons. The lowest BCUT2D eigenvalue weighted by Gasteiger charge is -2.19. The van der Waals surface area contributed by atoms with Crippen molar-refractivity contribution in [2.75, 3.05) is 14.2 Å². The summed E-state index contributed by atoms with van der Waals surface area (Å²) in [5, 5.41) is 3.19. The van der Waals surface area contributed by atoms with Gasteiger partial charge in [-0.25, -0.2) is 0 Å². The van der Waals surface area contributed by atoms with Gasteiger partial charge in [0.25, 0.3) is 0 Å². The number of ether oxygens (including phenoxy) is 1. The first-order valence-electron chi connectivity index (χ1n) is 3.97. The molecule has 0 heterocycles. The SMILES string of the molecule is C=C(C)C(CC(C)OC)NC. The zero-order valence-corrected chi connectivity index (χ0v) is 7.98. The molecule has 0 aliphatic rings. The number of hydrogen-bond acceptors (Lipinski definition) is 2. The Kier molecular flexibility index (Phi) is 5.16. The van der Waals surface area contributed by atoms with Gasteiger partial charge in [-0.05, 0) is 27.3 Å². The van der Waals surface area contributed by atoms with E-state index in [2.05, 4.69) is 18.8 Å². The Hall–Kier alpha value is -0.340. The maximum absolute atomic E-state index is 5.15. The van der Waals surface area contributed by atoms with Crippen molar-refractivity contribution in [1.82, 2.24) is 5.32 Å². The molecule has 0 rings (SSSR count). The molecule has 0 aromatic heterocycles. The Morgan fingerprint density at radius 1 is 1.64 bits per heavy atom. The molecule has 0 aliphatic carbocycles. The van der Waals surface area contributed by atoms with E-state index < -0.39 is 0 Å². The first-order valence-corrected chi connectivity index (χ1v) is 3.97. The third kappa shape index (κ3) is 4.17. The Labute approximate surface area is 69.6 Å². The fourth-order valence-corrected chi connectivity index (χ4v) is 0.994. The minimum absolute atomic E-state index is 0.296. The Morgan fingerprint density at radius 3 is 2.45 bits per heavy atom. The van der Waals surface area contributed by atoms with Crippen LogP contribution in [0.15, 0.2) is 12.2 Å². The third-order valence-electron chi connectivity index (χ3n) is 1.91. The summed E-state index contributed by atoms with van der Waals surface area (Å²) in [4.78, 5) is 0. The largest absolute Gasteiger partial charge is 0.382 e. The van der Waals surface area contributed by atoms with Crippen molar-refractivity contribution >= 4 is 0 Å². The summed E-state index contributed by atoms with van der Waals surface area (Å²) in [7, 11) is 3.68. The maximum atomic E-state index is 5.15. The fourth-order valence-electron chi connectivity index (χ4n) is 0.994. The molecular weight excluding hydrogens is 138 g/mol. The Bertz CT molecular complexity index is 123. The van der Waals surface area contributed by atoms with E-state index in [0.29, 0.717) is 12.1 Å². The van der Waals surface area contributed by atoms with Crippen LogP contribution in [0.3, 0.4) is 0 Å². The predicted octanol–water partition coefficient (Wildman–Crippen LogP) is 1.58. The van der Waals surface area contributed by atoms with Crippen LogP contribution in [0.5, 0.6) is 0 Å². The number of nitrogens with one attached hydrogen (secondary N) is 1. The number of hydrogen-bond donors (Lipinski definition) is 1. The van der Waals surface area contributed by atoms with E-state index in [1.54, 1.807) is 7.11 Å². The number of likely N-dealkylation sites (N-methyl/N-ethyl adjacent to an activating group) is 1. The quantitative estimate of drug-likeness (QED) is 0.612. The molecule has 0 aliphatic heterocycles. The summed E-state index contributed by atoms with van der Waals surface area (Å²) in [6.45, 7) is 7.99. The number of methoxy groups -OCH3 is 1. The molecule has 1 N–H and O–H groups in total. The van der Waals surface area contributed by atoms with Gasteiger partial charge in [0.15, 0.2) is 0 Å². The van der Waals surface area contributed by atoms with Crippen LogP contribution in [0.4, 0.5) is 0 Å². The normalized spacial score (nSPS) is 16.0. The van der Waals surface area contributed by atoms with Crippen molar-refractivity contribution in [1.29, 1.82) is 0 Å². The van der Waals surface area contributed by atoms with Gasteiger partial charge in [0.05, 0.1) is 6.10 Å². The summed E-state index contributed by atoms with van der Waals surface area (Å²) in [5.41, 5.74) is 1.16. The average Bonchev–Trinajstić information content (AvgIpc) is 1.99. The van der Waals surface area contributed by atoms with Crippen molar-refractivity contribution in [2.24, 2.45) is 0 Å². The highest BCUT2D eigenvalue weighted by Crippen LogP contribution is 2.07. The fraction of sp³-hybridized carbons (Fsp3) is 0.778. The summed E-state index contributed by atoms with van der Waals surface area (Å²) in [6.07, 6.45) is 1.28. The molecular formula is C9H19NO. The summed E-state index contributed by atoms with van der Waals surface area (Å²) in [6, 6.07) is 0.380. The summed E-state index contributed by atoms with van der Waals surface area (Å²) >= 11 is 0. The monoisotopic (exact) mass is 157 g/mol. The highest BCUT2D eigenvalue weighted by molar-refractivity contribution is 5.01. The van der Waals surface area contributed by atoms with Crippen LogP contribution in [0.2, 0.25) is 0 Å². The van der Waals surface area contributed by atoms with Crippen LogP contribution in [0.25, 0.3) is 0 Å². The standard InChI is InChI=1S/C9H19NO/c1-7(2)9(10-4)6-8(3)11-5/h8-10H,1,6H2,2-5H3. The molecule has 0 saturated carbocycles. The molecule has 0 bridgehead atoms. The second-order valence-electron chi connectivity index (χ2n) is 2.97. The first-order chi connectivity index (χ1) is 5.11. The van der Waals surface area contributed by atoms with Crippen LogP contribution in [-0.4, -0.2) is 26.3 Å².